The Hall–Kier alpha value is -1.09. The van der Waals surface area contributed by atoms with Crippen molar-refractivity contribution < 1.29 is 5.11 Å². The number of nitrogens with zero attached hydrogens (tertiary/aromatic N) is 2. The number of anilines is 1. The van der Waals surface area contributed by atoms with Gasteiger partial charge >= 0.3 is 0 Å². The molecule has 1 aromatic rings. The minimum absolute atomic E-state index is 0.182. The number of aliphatic hydroxyl groups is 1. The highest BCUT2D eigenvalue weighted by Gasteiger charge is 2.41. The largest absolute Gasteiger partial charge is 0.396 e. The first-order valence-electron chi connectivity index (χ1n) is 5.38. The summed E-state index contributed by atoms with van der Waals surface area (Å²) in [5, 5.41) is 9.23. The predicted octanol–water partition coefficient (Wildman–Crippen LogP) is 1.46. The Labute approximate surface area is 90.8 Å². The smallest absolute Gasteiger partial charge is 0.127 e. The van der Waals surface area contributed by atoms with Crippen molar-refractivity contribution in [3.63, 3.8) is 0 Å². The van der Waals surface area contributed by atoms with Gasteiger partial charge in [-0.05, 0) is 36.3 Å². The van der Waals surface area contributed by atoms with E-state index < -0.39 is 0 Å². The third kappa shape index (κ3) is 2.29. The van der Waals surface area contributed by atoms with E-state index in [1.807, 2.05) is 31.3 Å². The van der Waals surface area contributed by atoms with Gasteiger partial charge in [0.25, 0.3) is 0 Å². The van der Waals surface area contributed by atoms with Crippen molar-refractivity contribution >= 4 is 5.82 Å². The monoisotopic (exact) mass is 206 g/mol. The summed E-state index contributed by atoms with van der Waals surface area (Å²) in [4.78, 5) is 6.36. The minimum atomic E-state index is 0.182. The van der Waals surface area contributed by atoms with Gasteiger partial charge in [-0.25, -0.2) is 4.98 Å². The molecule has 0 saturated heterocycles. The molecule has 3 nitrogen and oxygen atoms in total. The second-order valence-electron chi connectivity index (χ2n) is 4.75. The van der Waals surface area contributed by atoms with Crippen LogP contribution in [-0.2, 0) is 6.42 Å². The van der Waals surface area contributed by atoms with E-state index in [-0.39, 0.29) is 5.41 Å². The van der Waals surface area contributed by atoms with Gasteiger partial charge in [0.15, 0.2) is 0 Å². The first kappa shape index (κ1) is 10.4. The minimum Gasteiger partial charge on any atom is -0.396 e. The van der Waals surface area contributed by atoms with E-state index in [0.717, 1.165) is 25.1 Å². The molecule has 0 aromatic carbocycles. The van der Waals surface area contributed by atoms with Crippen molar-refractivity contribution in [3.05, 3.63) is 23.9 Å². The zero-order valence-corrected chi connectivity index (χ0v) is 9.40. The lowest BCUT2D eigenvalue weighted by molar-refractivity contribution is 0.211. The highest BCUT2D eigenvalue weighted by molar-refractivity contribution is 5.37. The third-order valence-corrected chi connectivity index (χ3v) is 3.14. The van der Waals surface area contributed by atoms with Crippen LogP contribution in [-0.4, -0.2) is 30.8 Å². The van der Waals surface area contributed by atoms with Crippen LogP contribution in [0.25, 0.3) is 0 Å². The standard InChI is InChI=1S/C12H18N2O/c1-14(2)11-4-3-10(8-13-11)7-12(9-15)5-6-12/h3-4,8,15H,5-7,9H2,1-2H3. The molecule has 3 heteroatoms. The SMILES string of the molecule is CN(C)c1ccc(CC2(CO)CC2)cn1. The summed E-state index contributed by atoms with van der Waals surface area (Å²) >= 11 is 0. The molecule has 1 heterocycles. The lowest BCUT2D eigenvalue weighted by Gasteiger charge is -2.13. The van der Waals surface area contributed by atoms with Crippen LogP contribution in [0.1, 0.15) is 18.4 Å². The lowest BCUT2D eigenvalue weighted by atomic mass is 9.99. The average Bonchev–Trinajstić information content (AvgIpc) is 2.99. The van der Waals surface area contributed by atoms with Crippen LogP contribution in [0.3, 0.4) is 0 Å². The molecule has 1 N–H and O–H groups in total. The fourth-order valence-corrected chi connectivity index (χ4v) is 1.79. The van der Waals surface area contributed by atoms with Crippen molar-refractivity contribution in [2.24, 2.45) is 5.41 Å². The van der Waals surface area contributed by atoms with Crippen LogP contribution >= 0.6 is 0 Å². The summed E-state index contributed by atoms with van der Waals surface area (Å²) in [6.45, 7) is 0.308. The quantitative estimate of drug-likeness (QED) is 0.810. The van der Waals surface area contributed by atoms with E-state index in [2.05, 4.69) is 11.1 Å². The highest BCUT2D eigenvalue weighted by Crippen LogP contribution is 2.47. The summed E-state index contributed by atoms with van der Waals surface area (Å²) in [6, 6.07) is 4.14. The summed E-state index contributed by atoms with van der Waals surface area (Å²) in [6.07, 6.45) is 5.19. The number of aromatic nitrogens is 1. The van der Waals surface area contributed by atoms with Crippen LogP contribution in [0.4, 0.5) is 5.82 Å². The molecule has 1 aliphatic rings. The highest BCUT2D eigenvalue weighted by atomic mass is 16.3. The fourth-order valence-electron chi connectivity index (χ4n) is 1.79. The second-order valence-corrected chi connectivity index (χ2v) is 4.75. The van der Waals surface area contributed by atoms with Crippen molar-refractivity contribution in [3.8, 4) is 0 Å². The molecule has 0 radical (unpaired) electrons. The van der Waals surface area contributed by atoms with Crippen LogP contribution < -0.4 is 4.90 Å². The molecule has 1 saturated carbocycles. The number of pyridine rings is 1. The van der Waals surface area contributed by atoms with Crippen LogP contribution in [0.15, 0.2) is 18.3 Å². The van der Waals surface area contributed by atoms with Gasteiger partial charge in [0.2, 0.25) is 0 Å². The van der Waals surface area contributed by atoms with Gasteiger partial charge in [-0.3, -0.25) is 0 Å². The fraction of sp³-hybridized carbons (Fsp3) is 0.583. The summed E-state index contributed by atoms with van der Waals surface area (Å²) < 4.78 is 0. The van der Waals surface area contributed by atoms with E-state index in [4.69, 9.17) is 0 Å². The Morgan fingerprint density at radius 1 is 1.40 bits per heavy atom. The molecule has 1 aromatic heterocycles. The molecule has 82 valence electrons. The predicted molar refractivity (Wildman–Crippen MR) is 61.0 cm³/mol. The van der Waals surface area contributed by atoms with Crippen LogP contribution in [0.2, 0.25) is 0 Å². The maximum Gasteiger partial charge on any atom is 0.127 e. The van der Waals surface area contributed by atoms with Crippen molar-refractivity contribution in [1.82, 2.24) is 4.98 Å². The molecule has 0 aliphatic heterocycles. The molecular formula is C12H18N2O. The normalized spacial score (nSPS) is 17.5. The first-order chi connectivity index (χ1) is 7.15. The molecule has 0 amide bonds. The van der Waals surface area contributed by atoms with Gasteiger partial charge in [0.1, 0.15) is 5.82 Å². The van der Waals surface area contributed by atoms with Crippen molar-refractivity contribution in [2.45, 2.75) is 19.3 Å². The van der Waals surface area contributed by atoms with E-state index in [0.29, 0.717) is 6.61 Å². The Morgan fingerprint density at radius 3 is 2.53 bits per heavy atom. The van der Waals surface area contributed by atoms with Gasteiger partial charge < -0.3 is 10.0 Å². The van der Waals surface area contributed by atoms with Gasteiger partial charge in [-0.2, -0.15) is 0 Å². The van der Waals surface area contributed by atoms with E-state index >= 15 is 0 Å². The topological polar surface area (TPSA) is 36.4 Å². The molecular weight excluding hydrogens is 188 g/mol. The summed E-state index contributed by atoms with van der Waals surface area (Å²) in [5.74, 6) is 0.979. The second kappa shape index (κ2) is 3.81. The van der Waals surface area contributed by atoms with E-state index in [9.17, 15) is 5.11 Å². The molecule has 2 rings (SSSR count). The number of rotatable bonds is 4. The summed E-state index contributed by atoms with van der Waals surface area (Å²) in [5.41, 5.74) is 1.41. The molecule has 0 bridgehead atoms. The Bertz CT molecular complexity index is 328. The molecule has 0 spiro atoms. The third-order valence-electron chi connectivity index (χ3n) is 3.14. The average molecular weight is 206 g/mol. The summed E-state index contributed by atoms with van der Waals surface area (Å²) in [7, 11) is 3.97. The van der Waals surface area contributed by atoms with Crippen molar-refractivity contribution in [1.29, 1.82) is 0 Å². The van der Waals surface area contributed by atoms with Gasteiger partial charge in [0.05, 0.1) is 0 Å². The molecule has 1 aliphatic carbocycles. The Balaban J connectivity index is 2.04. The van der Waals surface area contributed by atoms with E-state index in [1.54, 1.807) is 0 Å². The Kier molecular flexibility index (Phi) is 2.65. The zero-order valence-electron chi connectivity index (χ0n) is 9.40. The van der Waals surface area contributed by atoms with Crippen molar-refractivity contribution in [2.75, 3.05) is 25.6 Å². The number of hydrogen-bond acceptors (Lipinski definition) is 3. The first-order valence-corrected chi connectivity index (χ1v) is 5.38. The Morgan fingerprint density at radius 2 is 2.13 bits per heavy atom. The maximum absolute atomic E-state index is 9.23. The van der Waals surface area contributed by atoms with E-state index in [1.165, 1.54) is 5.56 Å². The van der Waals surface area contributed by atoms with Crippen LogP contribution in [0, 0.1) is 5.41 Å². The van der Waals surface area contributed by atoms with Gasteiger partial charge in [0, 0.05) is 26.9 Å². The maximum atomic E-state index is 9.23. The molecule has 1 fully saturated rings. The molecule has 0 unspecified atom stereocenters. The van der Waals surface area contributed by atoms with Crippen LogP contribution in [0.5, 0.6) is 0 Å². The number of aliphatic hydroxyl groups excluding tert-OH is 1. The van der Waals surface area contributed by atoms with Gasteiger partial charge in [-0.1, -0.05) is 6.07 Å². The molecule has 15 heavy (non-hydrogen) atoms. The molecule has 0 atom stereocenters. The van der Waals surface area contributed by atoms with Gasteiger partial charge in [-0.15, -0.1) is 0 Å². The number of hydrogen-bond donors (Lipinski definition) is 1. The zero-order chi connectivity index (χ0) is 10.9. The lowest BCUT2D eigenvalue weighted by Crippen LogP contribution is -2.12.